The van der Waals surface area contributed by atoms with E-state index < -0.39 is 0 Å². The van der Waals surface area contributed by atoms with Crippen molar-refractivity contribution in [2.24, 2.45) is 0 Å². The Balaban J connectivity index is 1.61. The van der Waals surface area contributed by atoms with Gasteiger partial charge in [-0.25, -0.2) is 0 Å². The highest BCUT2D eigenvalue weighted by Crippen LogP contribution is 2.10. The number of benzene rings is 1. The number of hydrogen-bond donors (Lipinski definition) is 0. The van der Waals surface area contributed by atoms with Crippen molar-refractivity contribution in [3.63, 3.8) is 0 Å². The van der Waals surface area contributed by atoms with Gasteiger partial charge in [-0.2, -0.15) is 0 Å². The molecule has 0 amide bonds. The molecule has 112 valence electrons. The summed E-state index contributed by atoms with van der Waals surface area (Å²) in [7, 11) is 0. The molecular weight excluding hydrogens is 244 g/mol. The SMILES string of the molecule is CCN(CCCCN1CCCCC1)Cc1ccccc1. The first-order valence-electron chi connectivity index (χ1n) is 8.37. The maximum Gasteiger partial charge on any atom is 0.0233 e. The summed E-state index contributed by atoms with van der Waals surface area (Å²) < 4.78 is 0. The molecule has 20 heavy (non-hydrogen) atoms. The van der Waals surface area contributed by atoms with Crippen LogP contribution in [0.4, 0.5) is 0 Å². The predicted octanol–water partition coefficient (Wildman–Crippen LogP) is 3.77. The van der Waals surface area contributed by atoms with Gasteiger partial charge >= 0.3 is 0 Å². The number of nitrogens with zero attached hydrogens (tertiary/aromatic N) is 2. The van der Waals surface area contributed by atoms with Gasteiger partial charge in [0.1, 0.15) is 0 Å². The van der Waals surface area contributed by atoms with Gasteiger partial charge in [0.25, 0.3) is 0 Å². The highest BCUT2D eigenvalue weighted by molar-refractivity contribution is 5.14. The summed E-state index contributed by atoms with van der Waals surface area (Å²) in [6, 6.07) is 10.8. The quantitative estimate of drug-likeness (QED) is 0.666. The van der Waals surface area contributed by atoms with Crippen LogP contribution in [-0.2, 0) is 6.54 Å². The van der Waals surface area contributed by atoms with Gasteiger partial charge in [-0.15, -0.1) is 0 Å². The van der Waals surface area contributed by atoms with Crippen LogP contribution >= 0.6 is 0 Å². The Hall–Kier alpha value is -0.860. The van der Waals surface area contributed by atoms with E-state index in [1.165, 1.54) is 63.8 Å². The minimum absolute atomic E-state index is 1.10. The van der Waals surface area contributed by atoms with E-state index in [0.717, 1.165) is 13.1 Å². The molecule has 0 unspecified atom stereocenters. The predicted molar refractivity (Wildman–Crippen MR) is 86.9 cm³/mol. The monoisotopic (exact) mass is 274 g/mol. The molecule has 0 aliphatic carbocycles. The summed E-state index contributed by atoms with van der Waals surface area (Å²) in [5.41, 5.74) is 1.44. The minimum atomic E-state index is 1.10. The van der Waals surface area contributed by atoms with Crippen LogP contribution in [-0.4, -0.2) is 42.5 Å². The van der Waals surface area contributed by atoms with E-state index in [2.05, 4.69) is 47.1 Å². The normalized spacial score (nSPS) is 16.7. The third kappa shape index (κ3) is 5.64. The van der Waals surface area contributed by atoms with Crippen molar-refractivity contribution < 1.29 is 0 Å². The van der Waals surface area contributed by atoms with Crippen LogP contribution in [0.2, 0.25) is 0 Å². The Bertz CT molecular complexity index is 344. The molecule has 2 nitrogen and oxygen atoms in total. The second kappa shape index (κ2) is 9.15. The lowest BCUT2D eigenvalue weighted by atomic mass is 10.1. The Kier molecular flexibility index (Phi) is 7.10. The Morgan fingerprint density at radius 1 is 1.00 bits per heavy atom. The van der Waals surface area contributed by atoms with Gasteiger partial charge in [-0.3, -0.25) is 4.90 Å². The van der Waals surface area contributed by atoms with Crippen molar-refractivity contribution in [2.75, 3.05) is 32.7 Å². The zero-order valence-corrected chi connectivity index (χ0v) is 13.1. The van der Waals surface area contributed by atoms with E-state index in [0.29, 0.717) is 0 Å². The second-order valence-electron chi connectivity index (χ2n) is 5.96. The largest absolute Gasteiger partial charge is 0.303 e. The van der Waals surface area contributed by atoms with Crippen LogP contribution in [0.25, 0.3) is 0 Å². The Morgan fingerprint density at radius 3 is 2.45 bits per heavy atom. The molecule has 1 aliphatic rings. The number of hydrogen-bond acceptors (Lipinski definition) is 2. The van der Waals surface area contributed by atoms with Crippen LogP contribution in [0.3, 0.4) is 0 Å². The molecule has 1 heterocycles. The molecular formula is C18H30N2. The lowest BCUT2D eigenvalue weighted by molar-refractivity contribution is 0.214. The highest BCUT2D eigenvalue weighted by atomic mass is 15.1. The zero-order chi connectivity index (χ0) is 14.0. The molecule has 1 aromatic rings. The van der Waals surface area contributed by atoms with E-state index in [1.807, 2.05) is 0 Å². The van der Waals surface area contributed by atoms with E-state index >= 15 is 0 Å². The standard InChI is InChI=1S/C18H30N2/c1-2-19(17-18-11-5-3-6-12-18)13-9-10-16-20-14-7-4-8-15-20/h3,5-6,11-12H,2,4,7-10,13-17H2,1H3. The molecule has 0 atom stereocenters. The van der Waals surface area contributed by atoms with Gasteiger partial charge in [-0.1, -0.05) is 43.7 Å². The van der Waals surface area contributed by atoms with Gasteiger partial charge in [0.15, 0.2) is 0 Å². The lowest BCUT2D eigenvalue weighted by Gasteiger charge is -2.27. The van der Waals surface area contributed by atoms with Gasteiger partial charge in [-0.05, 0) is 64.0 Å². The van der Waals surface area contributed by atoms with Crippen molar-refractivity contribution in [2.45, 2.75) is 45.6 Å². The first kappa shape index (κ1) is 15.5. The molecule has 0 radical (unpaired) electrons. The lowest BCUT2D eigenvalue weighted by Crippen LogP contribution is -2.31. The summed E-state index contributed by atoms with van der Waals surface area (Å²) in [4.78, 5) is 5.21. The maximum absolute atomic E-state index is 2.65. The fraction of sp³-hybridized carbons (Fsp3) is 0.667. The molecule has 1 saturated heterocycles. The summed E-state index contributed by atoms with van der Waals surface area (Å²) >= 11 is 0. The third-order valence-electron chi connectivity index (χ3n) is 4.34. The average molecular weight is 274 g/mol. The van der Waals surface area contributed by atoms with Crippen LogP contribution < -0.4 is 0 Å². The van der Waals surface area contributed by atoms with Gasteiger partial charge in [0, 0.05) is 6.54 Å². The molecule has 2 rings (SSSR count). The molecule has 0 N–H and O–H groups in total. The van der Waals surface area contributed by atoms with Crippen molar-refractivity contribution in [1.82, 2.24) is 9.80 Å². The third-order valence-corrected chi connectivity index (χ3v) is 4.34. The Morgan fingerprint density at radius 2 is 1.75 bits per heavy atom. The zero-order valence-electron chi connectivity index (χ0n) is 13.1. The minimum Gasteiger partial charge on any atom is -0.303 e. The van der Waals surface area contributed by atoms with Crippen molar-refractivity contribution in [3.8, 4) is 0 Å². The van der Waals surface area contributed by atoms with Gasteiger partial charge in [0.05, 0.1) is 0 Å². The number of likely N-dealkylation sites (tertiary alicyclic amines) is 1. The van der Waals surface area contributed by atoms with E-state index in [1.54, 1.807) is 0 Å². The van der Waals surface area contributed by atoms with Crippen molar-refractivity contribution >= 4 is 0 Å². The Labute approximate surface area is 124 Å². The van der Waals surface area contributed by atoms with Gasteiger partial charge < -0.3 is 4.90 Å². The van der Waals surface area contributed by atoms with Crippen LogP contribution in [0.5, 0.6) is 0 Å². The van der Waals surface area contributed by atoms with E-state index in [4.69, 9.17) is 0 Å². The van der Waals surface area contributed by atoms with Crippen molar-refractivity contribution in [3.05, 3.63) is 35.9 Å². The number of piperidine rings is 1. The summed E-state index contributed by atoms with van der Waals surface area (Å²) in [6.45, 7) is 9.73. The second-order valence-corrected chi connectivity index (χ2v) is 5.96. The molecule has 1 aromatic carbocycles. The maximum atomic E-state index is 2.65. The molecule has 0 bridgehead atoms. The molecule has 0 saturated carbocycles. The van der Waals surface area contributed by atoms with Crippen LogP contribution in [0, 0.1) is 0 Å². The molecule has 2 heteroatoms. The fourth-order valence-electron chi connectivity index (χ4n) is 3.04. The summed E-state index contributed by atoms with van der Waals surface area (Å²) in [6.07, 6.45) is 6.95. The molecule has 1 aliphatic heterocycles. The van der Waals surface area contributed by atoms with Crippen molar-refractivity contribution in [1.29, 1.82) is 0 Å². The van der Waals surface area contributed by atoms with Crippen LogP contribution in [0.1, 0.15) is 44.6 Å². The van der Waals surface area contributed by atoms with E-state index in [9.17, 15) is 0 Å². The topological polar surface area (TPSA) is 6.48 Å². The highest BCUT2D eigenvalue weighted by Gasteiger charge is 2.09. The number of unbranched alkanes of at least 4 members (excludes halogenated alkanes) is 1. The molecule has 1 fully saturated rings. The fourth-order valence-corrected chi connectivity index (χ4v) is 3.04. The first-order chi connectivity index (χ1) is 9.88. The average Bonchev–Trinajstić information content (AvgIpc) is 2.52. The summed E-state index contributed by atoms with van der Waals surface area (Å²) in [5.74, 6) is 0. The smallest absolute Gasteiger partial charge is 0.0233 e. The summed E-state index contributed by atoms with van der Waals surface area (Å²) in [5, 5.41) is 0. The van der Waals surface area contributed by atoms with Crippen LogP contribution in [0.15, 0.2) is 30.3 Å². The molecule has 0 aromatic heterocycles. The number of rotatable bonds is 8. The first-order valence-corrected chi connectivity index (χ1v) is 8.37. The van der Waals surface area contributed by atoms with Gasteiger partial charge in [0.2, 0.25) is 0 Å². The van der Waals surface area contributed by atoms with E-state index in [-0.39, 0.29) is 0 Å². The molecule has 0 spiro atoms.